The molecule has 0 aliphatic rings. The summed E-state index contributed by atoms with van der Waals surface area (Å²) >= 11 is 0. The van der Waals surface area contributed by atoms with Crippen LogP contribution in [0.15, 0.2) is 41.3 Å². The van der Waals surface area contributed by atoms with E-state index in [0.717, 1.165) is 6.42 Å². The number of ether oxygens (including phenoxy) is 1. The van der Waals surface area contributed by atoms with Gasteiger partial charge >= 0.3 is 0 Å². The number of phenolic OH excluding ortho intramolecular Hbond substituents is 1. The van der Waals surface area contributed by atoms with Gasteiger partial charge in [-0.3, -0.25) is 4.79 Å². The smallest absolute Gasteiger partial charge is 0.255 e. The molecule has 0 spiro atoms. The van der Waals surface area contributed by atoms with Gasteiger partial charge in [0.2, 0.25) is 0 Å². The van der Waals surface area contributed by atoms with E-state index >= 15 is 0 Å². The van der Waals surface area contributed by atoms with Gasteiger partial charge < -0.3 is 20.9 Å². The fraction of sp³-hybridized carbons (Fsp3) is 0.278. The van der Waals surface area contributed by atoms with Crippen LogP contribution in [0.3, 0.4) is 0 Å². The molecular formula is C18H22N2O5S. The maximum Gasteiger partial charge on any atom is 0.255 e. The summed E-state index contributed by atoms with van der Waals surface area (Å²) in [5.41, 5.74) is 6.47. The van der Waals surface area contributed by atoms with E-state index in [-0.39, 0.29) is 27.6 Å². The van der Waals surface area contributed by atoms with E-state index in [1.165, 1.54) is 31.2 Å². The van der Waals surface area contributed by atoms with Gasteiger partial charge in [0.05, 0.1) is 28.6 Å². The summed E-state index contributed by atoms with van der Waals surface area (Å²) in [6, 6.07) is 8.35. The standard InChI is InChI=1S/C18H22N2O5S/c1-3-9-25-17-8-5-12(10-14(17)19)18(22)20-15-11-13(6-7-16(15)21)26(23,24)4-2/h5-8,10-11,21H,3-4,9,19H2,1-2H3,(H,20,22). The predicted octanol–water partition coefficient (Wildman–Crippen LogP) is 2.81. The van der Waals surface area contributed by atoms with Gasteiger partial charge in [-0.15, -0.1) is 0 Å². The number of nitrogen functional groups attached to an aromatic ring is 1. The lowest BCUT2D eigenvalue weighted by molar-refractivity contribution is 0.102. The number of benzene rings is 2. The number of carbonyl (C=O) groups is 1. The van der Waals surface area contributed by atoms with Crippen LogP contribution in [0, 0.1) is 0 Å². The van der Waals surface area contributed by atoms with Gasteiger partial charge in [0.1, 0.15) is 11.5 Å². The van der Waals surface area contributed by atoms with Crippen molar-refractivity contribution in [2.45, 2.75) is 25.2 Å². The van der Waals surface area contributed by atoms with Crippen LogP contribution >= 0.6 is 0 Å². The molecule has 2 aromatic rings. The van der Waals surface area contributed by atoms with Crippen molar-refractivity contribution in [2.75, 3.05) is 23.4 Å². The SMILES string of the molecule is CCCOc1ccc(C(=O)Nc2cc(S(=O)(=O)CC)ccc2O)cc1N. The van der Waals surface area contributed by atoms with Crippen molar-refractivity contribution in [2.24, 2.45) is 0 Å². The molecule has 0 fully saturated rings. The Morgan fingerprint density at radius 1 is 1.19 bits per heavy atom. The summed E-state index contributed by atoms with van der Waals surface area (Å²) in [5, 5.41) is 12.4. The first-order valence-electron chi connectivity index (χ1n) is 8.18. The maximum absolute atomic E-state index is 12.4. The number of hydrogen-bond acceptors (Lipinski definition) is 6. The molecule has 8 heteroatoms. The Bertz CT molecular complexity index is 910. The molecule has 0 saturated carbocycles. The summed E-state index contributed by atoms with van der Waals surface area (Å²) in [6.45, 7) is 4.00. The number of phenols is 1. The van der Waals surface area contributed by atoms with Crippen molar-refractivity contribution in [1.82, 2.24) is 0 Å². The number of amides is 1. The number of aromatic hydroxyl groups is 1. The number of anilines is 2. The van der Waals surface area contributed by atoms with Gasteiger partial charge in [0.15, 0.2) is 9.84 Å². The lowest BCUT2D eigenvalue weighted by Crippen LogP contribution is -2.13. The number of nitrogens with two attached hydrogens (primary N) is 1. The number of hydrogen-bond donors (Lipinski definition) is 3. The first kappa shape index (κ1) is 19.6. The Kier molecular flexibility index (Phi) is 6.10. The highest BCUT2D eigenvalue weighted by Gasteiger charge is 2.16. The van der Waals surface area contributed by atoms with Crippen molar-refractivity contribution < 1.29 is 23.1 Å². The van der Waals surface area contributed by atoms with Gasteiger partial charge in [-0.2, -0.15) is 0 Å². The average Bonchev–Trinajstić information content (AvgIpc) is 2.62. The Morgan fingerprint density at radius 3 is 2.54 bits per heavy atom. The number of nitrogens with one attached hydrogen (secondary N) is 1. The Labute approximate surface area is 152 Å². The third-order valence-corrected chi connectivity index (χ3v) is 5.42. The zero-order valence-corrected chi connectivity index (χ0v) is 15.5. The highest BCUT2D eigenvalue weighted by molar-refractivity contribution is 7.91. The molecule has 140 valence electrons. The molecule has 0 unspecified atom stereocenters. The van der Waals surface area contributed by atoms with E-state index in [0.29, 0.717) is 18.0 Å². The van der Waals surface area contributed by atoms with Gasteiger partial charge in [0.25, 0.3) is 5.91 Å². The third kappa shape index (κ3) is 4.45. The molecule has 2 aromatic carbocycles. The van der Waals surface area contributed by atoms with Crippen molar-refractivity contribution in [1.29, 1.82) is 0 Å². The Hall–Kier alpha value is -2.74. The second-order valence-corrected chi connectivity index (χ2v) is 7.92. The molecule has 0 aliphatic heterocycles. The van der Waals surface area contributed by atoms with Gasteiger partial charge in [0, 0.05) is 5.56 Å². The number of rotatable bonds is 7. The van der Waals surface area contributed by atoms with Crippen molar-refractivity contribution in [3.05, 3.63) is 42.0 Å². The lowest BCUT2D eigenvalue weighted by Gasteiger charge is -2.12. The second-order valence-electron chi connectivity index (χ2n) is 5.64. The molecular weight excluding hydrogens is 356 g/mol. The van der Waals surface area contributed by atoms with E-state index < -0.39 is 15.7 Å². The van der Waals surface area contributed by atoms with Crippen LogP contribution in [0.25, 0.3) is 0 Å². The van der Waals surface area contributed by atoms with Gasteiger partial charge in [-0.25, -0.2) is 8.42 Å². The van der Waals surface area contributed by atoms with Crippen LogP contribution in [0.5, 0.6) is 11.5 Å². The molecule has 0 aliphatic carbocycles. The van der Waals surface area contributed by atoms with E-state index in [4.69, 9.17) is 10.5 Å². The summed E-state index contributed by atoms with van der Waals surface area (Å²) in [5.74, 6) is -0.354. The second kappa shape index (κ2) is 8.09. The minimum absolute atomic E-state index is 0.00871. The summed E-state index contributed by atoms with van der Waals surface area (Å²) < 4.78 is 29.4. The largest absolute Gasteiger partial charge is 0.506 e. The van der Waals surface area contributed by atoms with E-state index in [1.54, 1.807) is 12.1 Å². The fourth-order valence-electron chi connectivity index (χ4n) is 2.20. The lowest BCUT2D eigenvalue weighted by atomic mass is 10.1. The van der Waals surface area contributed by atoms with Crippen LogP contribution in [0.1, 0.15) is 30.6 Å². The summed E-state index contributed by atoms with van der Waals surface area (Å²) in [4.78, 5) is 12.4. The van der Waals surface area contributed by atoms with Crippen LogP contribution in [-0.4, -0.2) is 31.8 Å². The Balaban J connectivity index is 2.25. The van der Waals surface area contributed by atoms with Crippen molar-refractivity contribution in [3.63, 3.8) is 0 Å². The molecule has 4 N–H and O–H groups in total. The molecule has 0 aromatic heterocycles. The topological polar surface area (TPSA) is 119 Å². The van der Waals surface area contributed by atoms with Gasteiger partial charge in [-0.05, 0) is 42.8 Å². The van der Waals surface area contributed by atoms with Gasteiger partial charge in [-0.1, -0.05) is 13.8 Å². The minimum atomic E-state index is -3.46. The molecule has 1 amide bonds. The third-order valence-electron chi connectivity index (χ3n) is 3.69. The molecule has 2 rings (SSSR count). The van der Waals surface area contributed by atoms with Crippen molar-refractivity contribution >= 4 is 27.1 Å². The molecule has 0 saturated heterocycles. The minimum Gasteiger partial charge on any atom is -0.506 e. The number of carbonyl (C=O) groups excluding carboxylic acids is 1. The van der Waals surface area contributed by atoms with E-state index in [9.17, 15) is 18.3 Å². The molecule has 0 radical (unpaired) electrons. The first-order chi connectivity index (χ1) is 12.3. The van der Waals surface area contributed by atoms with Crippen LogP contribution in [0.4, 0.5) is 11.4 Å². The summed E-state index contributed by atoms with van der Waals surface area (Å²) in [7, 11) is -3.46. The fourth-order valence-corrected chi connectivity index (χ4v) is 3.11. The highest BCUT2D eigenvalue weighted by Crippen LogP contribution is 2.28. The summed E-state index contributed by atoms with van der Waals surface area (Å²) in [6.07, 6.45) is 0.831. The van der Waals surface area contributed by atoms with E-state index in [1.807, 2.05) is 6.92 Å². The monoisotopic (exact) mass is 378 g/mol. The molecule has 0 atom stereocenters. The van der Waals surface area contributed by atoms with Crippen molar-refractivity contribution in [3.8, 4) is 11.5 Å². The highest BCUT2D eigenvalue weighted by atomic mass is 32.2. The normalized spacial score (nSPS) is 11.2. The zero-order chi connectivity index (χ0) is 19.3. The average molecular weight is 378 g/mol. The maximum atomic E-state index is 12.4. The van der Waals surface area contributed by atoms with Crippen LogP contribution in [-0.2, 0) is 9.84 Å². The molecule has 26 heavy (non-hydrogen) atoms. The quantitative estimate of drug-likeness (QED) is 0.503. The molecule has 0 heterocycles. The molecule has 7 nitrogen and oxygen atoms in total. The first-order valence-corrected chi connectivity index (χ1v) is 9.83. The molecule has 0 bridgehead atoms. The van der Waals surface area contributed by atoms with Crippen LogP contribution < -0.4 is 15.8 Å². The van der Waals surface area contributed by atoms with E-state index in [2.05, 4.69) is 5.32 Å². The number of sulfone groups is 1. The Morgan fingerprint density at radius 2 is 1.92 bits per heavy atom. The zero-order valence-electron chi connectivity index (χ0n) is 14.7. The predicted molar refractivity (Wildman–Crippen MR) is 100 cm³/mol. The van der Waals surface area contributed by atoms with Crippen LogP contribution in [0.2, 0.25) is 0 Å².